The van der Waals surface area contributed by atoms with Crippen molar-refractivity contribution in [3.05, 3.63) is 63.1 Å². The fourth-order valence-corrected chi connectivity index (χ4v) is 4.63. The molecule has 0 aliphatic carbocycles. The predicted octanol–water partition coefficient (Wildman–Crippen LogP) is 4.28. The monoisotopic (exact) mass is 579 g/mol. The normalized spacial score (nSPS) is 14.2. The van der Waals surface area contributed by atoms with Crippen LogP contribution in [0.2, 0.25) is 10.0 Å². The molecule has 7 nitrogen and oxygen atoms in total. The Hall–Kier alpha value is -1.74. The van der Waals surface area contributed by atoms with Crippen molar-refractivity contribution in [2.45, 2.75) is 32.2 Å². The summed E-state index contributed by atoms with van der Waals surface area (Å²) in [5, 5.41) is 17.0. The minimum atomic E-state index is -0.925. The Balaban J connectivity index is 0.00000324. The number of nitrogens with zero attached hydrogens (tertiary/aromatic N) is 1. The highest BCUT2D eigenvalue weighted by Crippen LogP contribution is 2.37. The number of carbonyl (C=O) groups excluding carboxylic acids is 2. The van der Waals surface area contributed by atoms with Gasteiger partial charge < -0.3 is 25.4 Å². The molecule has 0 saturated carbocycles. The van der Waals surface area contributed by atoms with E-state index in [1.54, 1.807) is 6.92 Å². The number of phenolic OH excluding ortho intramolecular Hbond substituents is 1. The molecule has 36 heavy (non-hydrogen) atoms. The largest absolute Gasteiger partial charge is 0.506 e. The molecule has 3 rings (SSSR count). The molecule has 3 N–H and O–H groups in total. The van der Waals surface area contributed by atoms with Gasteiger partial charge >= 0.3 is 5.97 Å². The minimum absolute atomic E-state index is 0. The lowest BCUT2D eigenvalue weighted by Crippen LogP contribution is -2.43. The summed E-state index contributed by atoms with van der Waals surface area (Å²) in [6, 6.07) is 9.78. The zero-order valence-corrected chi connectivity index (χ0v) is 23.2. The Bertz CT molecular complexity index is 989. The van der Waals surface area contributed by atoms with Gasteiger partial charge in [-0.25, -0.2) is 4.79 Å². The molecule has 0 radical (unpaired) electrons. The molecule has 1 amide bonds. The van der Waals surface area contributed by atoms with Gasteiger partial charge in [0.1, 0.15) is 11.8 Å². The Labute approximate surface area is 234 Å². The van der Waals surface area contributed by atoms with E-state index in [1.807, 2.05) is 30.3 Å². The molecule has 11 heteroatoms. The van der Waals surface area contributed by atoms with Crippen molar-refractivity contribution in [2.24, 2.45) is 0 Å². The molecule has 0 spiro atoms. The van der Waals surface area contributed by atoms with Gasteiger partial charge in [0.15, 0.2) is 0 Å². The molecule has 1 atom stereocenters. The van der Waals surface area contributed by atoms with Crippen molar-refractivity contribution in [1.82, 2.24) is 15.5 Å². The van der Waals surface area contributed by atoms with Crippen molar-refractivity contribution < 1.29 is 19.4 Å². The topological polar surface area (TPSA) is 90.9 Å². The van der Waals surface area contributed by atoms with E-state index in [9.17, 15) is 14.7 Å². The van der Waals surface area contributed by atoms with Crippen LogP contribution in [0.25, 0.3) is 0 Å². The Morgan fingerprint density at radius 2 is 1.83 bits per heavy atom. The van der Waals surface area contributed by atoms with E-state index in [0.717, 1.165) is 44.7 Å². The smallest absolute Gasteiger partial charge is 0.328 e. The van der Waals surface area contributed by atoms with Crippen molar-refractivity contribution in [2.75, 3.05) is 39.3 Å². The second kappa shape index (κ2) is 16.2. The van der Waals surface area contributed by atoms with Gasteiger partial charge in [-0.3, -0.25) is 4.79 Å². The number of hydrogen-bond acceptors (Lipinski definition) is 6. The lowest BCUT2D eigenvalue weighted by Gasteiger charge is -2.27. The summed E-state index contributed by atoms with van der Waals surface area (Å²) in [5.74, 6) is -1.55. The number of nitrogens with one attached hydrogen (secondary N) is 2. The first kappa shape index (κ1) is 32.3. The summed E-state index contributed by atoms with van der Waals surface area (Å²) >= 11 is 12.9. The zero-order valence-electron chi connectivity index (χ0n) is 20.1. The third-order valence-corrected chi connectivity index (χ3v) is 6.55. The van der Waals surface area contributed by atoms with Crippen molar-refractivity contribution >= 4 is 59.9 Å². The van der Waals surface area contributed by atoms with Crippen LogP contribution in [-0.2, 0) is 22.4 Å². The highest BCUT2D eigenvalue weighted by Gasteiger charge is 2.26. The lowest BCUT2D eigenvalue weighted by atomic mass is 10.0. The Morgan fingerprint density at radius 1 is 1.17 bits per heavy atom. The van der Waals surface area contributed by atoms with Gasteiger partial charge in [0, 0.05) is 37.6 Å². The zero-order chi connectivity index (χ0) is 24.5. The molecule has 2 aromatic rings. The van der Waals surface area contributed by atoms with Crippen LogP contribution in [0.1, 0.15) is 34.8 Å². The van der Waals surface area contributed by atoms with E-state index < -0.39 is 17.9 Å². The van der Waals surface area contributed by atoms with Gasteiger partial charge in [0.2, 0.25) is 0 Å². The number of carbonyl (C=O) groups is 2. The van der Waals surface area contributed by atoms with Gasteiger partial charge in [0.05, 0.1) is 17.2 Å². The average Bonchev–Trinajstić information content (AvgIpc) is 2.84. The first-order chi connectivity index (χ1) is 16.4. The van der Waals surface area contributed by atoms with Gasteiger partial charge in [-0.05, 0) is 43.5 Å². The van der Waals surface area contributed by atoms with Crippen LogP contribution in [-0.4, -0.2) is 67.3 Å². The molecule has 200 valence electrons. The van der Waals surface area contributed by atoms with Crippen LogP contribution < -0.4 is 10.6 Å². The van der Waals surface area contributed by atoms with E-state index in [4.69, 9.17) is 27.9 Å². The van der Waals surface area contributed by atoms with E-state index in [0.29, 0.717) is 17.0 Å². The number of piperazine rings is 1. The number of amides is 1. The SMILES string of the molecule is CCOC(=O)[C@H](Cc1ccccc1)NC(=O)c1cc(Cl)c(CCCN2CCNCC2)c(Cl)c1O.Cl.Cl. The number of aromatic hydroxyl groups is 1. The highest BCUT2D eigenvalue weighted by atomic mass is 35.5. The summed E-state index contributed by atoms with van der Waals surface area (Å²) in [7, 11) is 0. The molecule has 1 heterocycles. The number of halogens is 4. The van der Waals surface area contributed by atoms with E-state index >= 15 is 0 Å². The summed E-state index contributed by atoms with van der Waals surface area (Å²) in [6.45, 7) is 6.73. The van der Waals surface area contributed by atoms with Crippen molar-refractivity contribution in [3.8, 4) is 5.75 Å². The van der Waals surface area contributed by atoms with Gasteiger partial charge in [-0.2, -0.15) is 0 Å². The van der Waals surface area contributed by atoms with E-state index in [1.165, 1.54) is 6.07 Å². The van der Waals surface area contributed by atoms with Crippen LogP contribution in [0.5, 0.6) is 5.75 Å². The predicted molar refractivity (Wildman–Crippen MR) is 148 cm³/mol. The molecule has 1 aliphatic heterocycles. The first-order valence-corrected chi connectivity index (χ1v) is 12.3. The number of benzene rings is 2. The first-order valence-electron chi connectivity index (χ1n) is 11.5. The fourth-order valence-electron chi connectivity index (χ4n) is 3.99. The molecule has 0 bridgehead atoms. The molecule has 0 aromatic heterocycles. The molecule has 1 saturated heterocycles. The molecule has 1 fully saturated rings. The van der Waals surface area contributed by atoms with Crippen LogP contribution >= 0.6 is 48.0 Å². The molecule has 1 aliphatic rings. The van der Waals surface area contributed by atoms with Crippen molar-refractivity contribution in [1.29, 1.82) is 0 Å². The van der Waals surface area contributed by atoms with Crippen molar-refractivity contribution in [3.63, 3.8) is 0 Å². The third-order valence-electron chi connectivity index (χ3n) is 5.80. The quantitative estimate of drug-likeness (QED) is 0.363. The summed E-state index contributed by atoms with van der Waals surface area (Å²) < 4.78 is 5.13. The number of ether oxygens (including phenoxy) is 1. The third kappa shape index (κ3) is 8.98. The van der Waals surface area contributed by atoms with Gasteiger partial charge in [-0.15, -0.1) is 24.8 Å². The van der Waals surface area contributed by atoms with E-state index in [2.05, 4.69) is 15.5 Å². The Morgan fingerprint density at radius 3 is 2.47 bits per heavy atom. The van der Waals surface area contributed by atoms with Crippen LogP contribution in [0.3, 0.4) is 0 Å². The van der Waals surface area contributed by atoms with E-state index in [-0.39, 0.29) is 54.2 Å². The average molecular weight is 581 g/mol. The lowest BCUT2D eigenvalue weighted by molar-refractivity contribution is -0.145. The summed E-state index contributed by atoms with van der Waals surface area (Å²) in [4.78, 5) is 27.8. The van der Waals surface area contributed by atoms with Gasteiger partial charge in [-0.1, -0.05) is 53.5 Å². The molecular formula is C25H33Cl4N3O4. The van der Waals surface area contributed by atoms with Crippen LogP contribution in [0, 0.1) is 0 Å². The highest BCUT2D eigenvalue weighted by molar-refractivity contribution is 6.37. The van der Waals surface area contributed by atoms with Crippen LogP contribution in [0.4, 0.5) is 0 Å². The number of esters is 1. The number of rotatable bonds is 10. The minimum Gasteiger partial charge on any atom is -0.506 e. The standard InChI is InChI=1S/C25H31Cl2N3O4.2ClH/c1-2-34-25(33)21(15-17-7-4-3-5-8-17)29-24(32)19-16-20(26)18(22(27)23(19)31)9-6-12-30-13-10-28-11-14-30;;/h3-5,7-8,16,21,28,31H,2,6,9-15H2,1H3,(H,29,32);2*1H/t21-;;/m0../s1. The number of phenols is 1. The second-order valence-electron chi connectivity index (χ2n) is 8.21. The van der Waals surface area contributed by atoms with Crippen LogP contribution in [0.15, 0.2) is 36.4 Å². The fraction of sp³-hybridized carbons (Fsp3) is 0.440. The van der Waals surface area contributed by atoms with Gasteiger partial charge in [0.25, 0.3) is 5.91 Å². The maximum atomic E-state index is 13.0. The maximum absolute atomic E-state index is 13.0. The summed E-state index contributed by atoms with van der Waals surface area (Å²) in [5.41, 5.74) is 1.39. The maximum Gasteiger partial charge on any atom is 0.328 e. The Kier molecular flexibility index (Phi) is 14.5. The molecule has 2 aromatic carbocycles. The molecule has 0 unspecified atom stereocenters. The number of hydrogen-bond donors (Lipinski definition) is 3. The molecular weight excluding hydrogens is 548 g/mol. The second-order valence-corrected chi connectivity index (χ2v) is 9.00. The summed E-state index contributed by atoms with van der Waals surface area (Å²) in [6.07, 6.45) is 1.65.